The Kier molecular flexibility index (Phi) is 6.27. The molecular formula is C16H23ClFNO. The van der Waals surface area contributed by atoms with Gasteiger partial charge >= 0.3 is 0 Å². The first-order chi connectivity index (χ1) is 9.70. The molecule has 2 unspecified atom stereocenters. The van der Waals surface area contributed by atoms with Gasteiger partial charge in [0.2, 0.25) is 0 Å². The fraction of sp³-hybridized carbons (Fsp3) is 0.625. The van der Waals surface area contributed by atoms with Crippen molar-refractivity contribution in [1.82, 2.24) is 5.32 Å². The molecule has 1 fully saturated rings. The predicted molar refractivity (Wildman–Crippen MR) is 80.7 cm³/mol. The molecule has 0 aliphatic carbocycles. The minimum absolute atomic E-state index is 0.211. The molecule has 2 rings (SSSR count). The van der Waals surface area contributed by atoms with Crippen LogP contribution in [-0.2, 0) is 11.2 Å². The highest BCUT2D eigenvalue weighted by Gasteiger charge is 2.24. The Morgan fingerprint density at radius 3 is 3.00 bits per heavy atom. The summed E-state index contributed by atoms with van der Waals surface area (Å²) >= 11 is 5.81. The molecule has 0 bridgehead atoms. The Bertz CT molecular complexity index is 421. The molecule has 1 saturated heterocycles. The SMILES string of the molecule is CCCNC(Cc1ccc(Cl)cc1F)C1CCCOC1. The second kappa shape index (κ2) is 7.96. The van der Waals surface area contributed by atoms with Crippen molar-refractivity contribution in [3.8, 4) is 0 Å². The van der Waals surface area contributed by atoms with E-state index >= 15 is 0 Å². The first-order valence-electron chi connectivity index (χ1n) is 7.45. The van der Waals surface area contributed by atoms with Crippen LogP contribution in [0.2, 0.25) is 5.02 Å². The predicted octanol–water partition coefficient (Wildman–Crippen LogP) is 3.82. The smallest absolute Gasteiger partial charge is 0.127 e. The minimum atomic E-state index is -0.211. The summed E-state index contributed by atoms with van der Waals surface area (Å²) < 4.78 is 19.5. The first-order valence-corrected chi connectivity index (χ1v) is 7.83. The van der Waals surface area contributed by atoms with E-state index in [0.29, 0.717) is 17.4 Å². The van der Waals surface area contributed by atoms with Crippen LogP contribution < -0.4 is 5.32 Å². The van der Waals surface area contributed by atoms with Gasteiger partial charge in [0.05, 0.1) is 6.61 Å². The molecule has 0 aromatic heterocycles. The molecular weight excluding hydrogens is 277 g/mol. The monoisotopic (exact) mass is 299 g/mol. The number of rotatable bonds is 6. The third-order valence-corrected chi connectivity index (χ3v) is 4.11. The highest BCUT2D eigenvalue weighted by Crippen LogP contribution is 2.23. The maximum atomic E-state index is 14.0. The maximum Gasteiger partial charge on any atom is 0.127 e. The van der Waals surface area contributed by atoms with Crippen LogP contribution in [0.3, 0.4) is 0 Å². The van der Waals surface area contributed by atoms with Gasteiger partial charge in [0.25, 0.3) is 0 Å². The average Bonchev–Trinajstić information content (AvgIpc) is 2.46. The van der Waals surface area contributed by atoms with Gasteiger partial charge in [0.1, 0.15) is 5.82 Å². The lowest BCUT2D eigenvalue weighted by Crippen LogP contribution is -2.42. The van der Waals surface area contributed by atoms with Gasteiger partial charge in [-0.2, -0.15) is 0 Å². The number of nitrogens with one attached hydrogen (secondary N) is 1. The number of ether oxygens (including phenoxy) is 1. The molecule has 1 aliphatic rings. The average molecular weight is 300 g/mol. The zero-order valence-electron chi connectivity index (χ0n) is 12.0. The van der Waals surface area contributed by atoms with Gasteiger partial charge in [-0.25, -0.2) is 4.39 Å². The zero-order valence-corrected chi connectivity index (χ0v) is 12.8. The van der Waals surface area contributed by atoms with Crippen molar-refractivity contribution in [3.05, 3.63) is 34.6 Å². The molecule has 2 nitrogen and oxygen atoms in total. The van der Waals surface area contributed by atoms with Gasteiger partial charge in [-0.15, -0.1) is 0 Å². The van der Waals surface area contributed by atoms with E-state index in [1.54, 1.807) is 12.1 Å². The maximum absolute atomic E-state index is 14.0. The van der Waals surface area contributed by atoms with Gasteiger partial charge in [0, 0.05) is 17.7 Å². The Labute approximate surface area is 125 Å². The summed E-state index contributed by atoms with van der Waals surface area (Å²) in [4.78, 5) is 0. The fourth-order valence-corrected chi connectivity index (χ4v) is 2.90. The molecule has 0 spiro atoms. The van der Waals surface area contributed by atoms with E-state index in [9.17, 15) is 4.39 Å². The molecule has 1 heterocycles. The zero-order chi connectivity index (χ0) is 14.4. The molecule has 2 atom stereocenters. The van der Waals surface area contributed by atoms with E-state index in [-0.39, 0.29) is 11.9 Å². The van der Waals surface area contributed by atoms with Crippen molar-refractivity contribution in [2.45, 2.75) is 38.6 Å². The molecule has 112 valence electrons. The van der Waals surface area contributed by atoms with Gasteiger partial charge in [-0.1, -0.05) is 24.6 Å². The summed E-state index contributed by atoms with van der Waals surface area (Å²) in [6.07, 6.45) is 4.01. The molecule has 1 aliphatic heterocycles. The van der Waals surface area contributed by atoms with Gasteiger partial charge < -0.3 is 10.1 Å². The second-order valence-corrected chi connectivity index (χ2v) is 5.91. The summed E-state index contributed by atoms with van der Waals surface area (Å²) in [5.41, 5.74) is 0.730. The summed E-state index contributed by atoms with van der Waals surface area (Å²) in [6, 6.07) is 5.22. The van der Waals surface area contributed by atoms with E-state index in [2.05, 4.69) is 12.2 Å². The molecule has 1 aromatic carbocycles. The van der Waals surface area contributed by atoms with Crippen molar-refractivity contribution in [1.29, 1.82) is 0 Å². The third kappa shape index (κ3) is 4.44. The lowest BCUT2D eigenvalue weighted by molar-refractivity contribution is 0.0392. The standard InChI is InChI=1S/C16H23ClFNO/c1-2-7-19-16(13-4-3-8-20-11-13)9-12-5-6-14(17)10-15(12)18/h5-6,10,13,16,19H,2-4,7-9,11H2,1H3. The van der Waals surface area contributed by atoms with Crippen molar-refractivity contribution < 1.29 is 9.13 Å². The molecule has 4 heteroatoms. The van der Waals surface area contributed by atoms with E-state index in [1.807, 2.05) is 0 Å². The second-order valence-electron chi connectivity index (χ2n) is 5.48. The summed E-state index contributed by atoms with van der Waals surface area (Å²) in [7, 11) is 0. The van der Waals surface area contributed by atoms with Crippen molar-refractivity contribution in [2.75, 3.05) is 19.8 Å². The van der Waals surface area contributed by atoms with Gasteiger partial charge in [0.15, 0.2) is 0 Å². The van der Waals surface area contributed by atoms with Crippen molar-refractivity contribution >= 4 is 11.6 Å². The number of hydrogen-bond donors (Lipinski definition) is 1. The van der Waals surface area contributed by atoms with Crippen LogP contribution in [0.15, 0.2) is 18.2 Å². The largest absolute Gasteiger partial charge is 0.381 e. The van der Waals surface area contributed by atoms with Gasteiger partial charge in [-0.05, 0) is 55.8 Å². The van der Waals surface area contributed by atoms with Crippen LogP contribution in [0.1, 0.15) is 31.7 Å². The highest BCUT2D eigenvalue weighted by atomic mass is 35.5. The van der Waals surface area contributed by atoms with E-state index in [0.717, 1.165) is 44.6 Å². The van der Waals surface area contributed by atoms with Crippen LogP contribution >= 0.6 is 11.6 Å². The molecule has 0 radical (unpaired) electrons. The fourth-order valence-electron chi connectivity index (χ4n) is 2.74. The summed E-state index contributed by atoms with van der Waals surface area (Å²) in [5, 5.41) is 4.00. The molecule has 1 aromatic rings. The Morgan fingerprint density at radius 2 is 2.35 bits per heavy atom. The molecule has 1 N–H and O–H groups in total. The van der Waals surface area contributed by atoms with E-state index < -0.39 is 0 Å². The summed E-state index contributed by atoms with van der Waals surface area (Å²) in [5.74, 6) is 0.253. The van der Waals surface area contributed by atoms with Crippen LogP contribution in [0.4, 0.5) is 4.39 Å². The van der Waals surface area contributed by atoms with Crippen LogP contribution in [0, 0.1) is 11.7 Å². The quantitative estimate of drug-likeness (QED) is 0.862. The highest BCUT2D eigenvalue weighted by molar-refractivity contribution is 6.30. The number of halogens is 2. The van der Waals surface area contributed by atoms with Crippen molar-refractivity contribution in [3.63, 3.8) is 0 Å². The molecule has 0 amide bonds. The Morgan fingerprint density at radius 1 is 1.50 bits per heavy atom. The normalized spacial score (nSPS) is 20.9. The van der Waals surface area contributed by atoms with Crippen LogP contribution in [0.5, 0.6) is 0 Å². The van der Waals surface area contributed by atoms with Crippen LogP contribution in [-0.4, -0.2) is 25.8 Å². The first kappa shape index (κ1) is 15.7. The summed E-state index contributed by atoms with van der Waals surface area (Å²) in [6.45, 7) is 4.73. The third-order valence-electron chi connectivity index (χ3n) is 3.88. The lowest BCUT2D eigenvalue weighted by atomic mass is 9.89. The van der Waals surface area contributed by atoms with Crippen LogP contribution in [0.25, 0.3) is 0 Å². The Balaban J connectivity index is 2.05. The minimum Gasteiger partial charge on any atom is -0.381 e. The van der Waals surface area contributed by atoms with E-state index in [1.165, 1.54) is 6.07 Å². The Hall–Kier alpha value is -0.640. The topological polar surface area (TPSA) is 21.3 Å². The van der Waals surface area contributed by atoms with Gasteiger partial charge in [-0.3, -0.25) is 0 Å². The number of benzene rings is 1. The number of hydrogen-bond acceptors (Lipinski definition) is 2. The lowest BCUT2D eigenvalue weighted by Gasteiger charge is -2.31. The molecule has 0 saturated carbocycles. The molecule has 20 heavy (non-hydrogen) atoms. The van der Waals surface area contributed by atoms with Crippen molar-refractivity contribution in [2.24, 2.45) is 5.92 Å². The van der Waals surface area contributed by atoms with E-state index in [4.69, 9.17) is 16.3 Å².